The maximum absolute atomic E-state index is 11.9. The molecule has 0 aliphatic carbocycles. The first-order chi connectivity index (χ1) is 7.72. The molecule has 2 rings (SSSR count). The minimum absolute atomic E-state index is 0.202. The van der Waals surface area contributed by atoms with Gasteiger partial charge in [-0.15, -0.1) is 0 Å². The van der Waals surface area contributed by atoms with Crippen LogP contribution >= 0.6 is 0 Å². The quantitative estimate of drug-likeness (QED) is 0.839. The standard InChI is InChI=1S/C14H19NO/c1-3-10(2)14(16)8-11-9-15-13-7-5-4-6-12(11)13/h4-7,10-11,15H,3,8-9H2,1-2H3. The highest BCUT2D eigenvalue weighted by Gasteiger charge is 2.25. The van der Waals surface area contributed by atoms with Crippen LogP contribution in [0, 0.1) is 5.92 Å². The van der Waals surface area contributed by atoms with Crippen LogP contribution in [0.15, 0.2) is 24.3 Å². The average molecular weight is 217 g/mol. The molecule has 2 atom stereocenters. The zero-order valence-electron chi connectivity index (χ0n) is 9.99. The monoisotopic (exact) mass is 217 g/mol. The number of hydrogen-bond acceptors (Lipinski definition) is 2. The topological polar surface area (TPSA) is 29.1 Å². The molecule has 0 amide bonds. The molecule has 16 heavy (non-hydrogen) atoms. The molecule has 1 aliphatic rings. The van der Waals surface area contributed by atoms with Gasteiger partial charge in [0.15, 0.2) is 0 Å². The number of rotatable bonds is 4. The molecule has 1 heterocycles. The molecule has 0 spiro atoms. The third-order valence-corrected chi connectivity index (χ3v) is 3.55. The maximum atomic E-state index is 11.9. The van der Waals surface area contributed by atoms with E-state index in [1.54, 1.807) is 0 Å². The molecular formula is C14H19NO. The van der Waals surface area contributed by atoms with Gasteiger partial charge in [0.1, 0.15) is 5.78 Å². The minimum atomic E-state index is 0.202. The fraction of sp³-hybridized carbons (Fsp3) is 0.500. The number of Topliss-reactive ketones (excluding diaryl/α,β-unsaturated/α-hetero) is 1. The summed E-state index contributed by atoms with van der Waals surface area (Å²) in [5, 5.41) is 3.36. The summed E-state index contributed by atoms with van der Waals surface area (Å²) >= 11 is 0. The Bertz CT molecular complexity index is 386. The van der Waals surface area contributed by atoms with E-state index in [-0.39, 0.29) is 5.92 Å². The molecule has 0 saturated heterocycles. The lowest BCUT2D eigenvalue weighted by molar-refractivity contribution is -0.122. The number of anilines is 1. The van der Waals surface area contributed by atoms with Gasteiger partial charge in [0.25, 0.3) is 0 Å². The summed E-state index contributed by atoms with van der Waals surface area (Å²) in [6.45, 7) is 5.00. The minimum Gasteiger partial charge on any atom is -0.384 e. The van der Waals surface area contributed by atoms with E-state index in [1.807, 2.05) is 19.1 Å². The molecule has 0 fully saturated rings. The third-order valence-electron chi connectivity index (χ3n) is 3.55. The van der Waals surface area contributed by atoms with Crippen molar-refractivity contribution in [1.82, 2.24) is 0 Å². The fourth-order valence-electron chi connectivity index (χ4n) is 2.21. The van der Waals surface area contributed by atoms with E-state index in [9.17, 15) is 4.79 Å². The molecule has 2 heteroatoms. The van der Waals surface area contributed by atoms with Crippen LogP contribution in [-0.2, 0) is 4.79 Å². The predicted molar refractivity (Wildman–Crippen MR) is 66.8 cm³/mol. The first kappa shape index (κ1) is 11.2. The SMILES string of the molecule is CCC(C)C(=O)CC1CNc2ccccc21. The molecule has 1 aromatic carbocycles. The zero-order valence-corrected chi connectivity index (χ0v) is 9.99. The van der Waals surface area contributed by atoms with Gasteiger partial charge < -0.3 is 5.32 Å². The number of benzene rings is 1. The van der Waals surface area contributed by atoms with Crippen molar-refractivity contribution >= 4 is 11.5 Å². The van der Waals surface area contributed by atoms with Crippen molar-refractivity contribution in [2.75, 3.05) is 11.9 Å². The molecule has 2 unspecified atom stereocenters. The number of fused-ring (bicyclic) bond motifs is 1. The van der Waals surface area contributed by atoms with Gasteiger partial charge in [0, 0.05) is 30.5 Å². The molecule has 0 aromatic heterocycles. The van der Waals surface area contributed by atoms with Crippen LogP contribution in [0.2, 0.25) is 0 Å². The Kier molecular flexibility index (Phi) is 3.28. The first-order valence-corrected chi connectivity index (χ1v) is 6.08. The molecule has 0 radical (unpaired) electrons. The normalized spacial score (nSPS) is 20.0. The summed E-state index contributed by atoms with van der Waals surface area (Å²) in [7, 11) is 0. The van der Waals surface area contributed by atoms with E-state index >= 15 is 0 Å². The van der Waals surface area contributed by atoms with Gasteiger partial charge >= 0.3 is 0 Å². The van der Waals surface area contributed by atoms with Crippen LogP contribution in [0.3, 0.4) is 0 Å². The van der Waals surface area contributed by atoms with Gasteiger partial charge in [-0.2, -0.15) is 0 Å². The maximum Gasteiger partial charge on any atom is 0.136 e. The van der Waals surface area contributed by atoms with E-state index in [4.69, 9.17) is 0 Å². The third kappa shape index (κ3) is 2.11. The van der Waals surface area contributed by atoms with Gasteiger partial charge in [-0.3, -0.25) is 4.79 Å². The van der Waals surface area contributed by atoms with Gasteiger partial charge in [-0.1, -0.05) is 32.0 Å². The molecule has 1 aliphatic heterocycles. The van der Waals surface area contributed by atoms with E-state index in [0.29, 0.717) is 18.1 Å². The Morgan fingerprint density at radius 2 is 2.25 bits per heavy atom. The van der Waals surface area contributed by atoms with Crippen molar-refractivity contribution in [1.29, 1.82) is 0 Å². The fourth-order valence-corrected chi connectivity index (χ4v) is 2.21. The van der Waals surface area contributed by atoms with E-state index in [0.717, 1.165) is 13.0 Å². The number of hydrogen-bond donors (Lipinski definition) is 1. The lowest BCUT2D eigenvalue weighted by Gasteiger charge is -2.12. The average Bonchev–Trinajstić information content (AvgIpc) is 2.72. The summed E-state index contributed by atoms with van der Waals surface area (Å²) < 4.78 is 0. The molecule has 2 nitrogen and oxygen atoms in total. The van der Waals surface area contributed by atoms with Gasteiger partial charge in [0.05, 0.1) is 0 Å². The lowest BCUT2D eigenvalue weighted by atomic mass is 9.90. The Labute approximate surface area is 97.1 Å². The smallest absolute Gasteiger partial charge is 0.136 e. The lowest BCUT2D eigenvalue weighted by Crippen LogP contribution is -2.15. The van der Waals surface area contributed by atoms with E-state index < -0.39 is 0 Å². The van der Waals surface area contributed by atoms with Crippen LogP contribution in [0.1, 0.15) is 38.2 Å². The summed E-state index contributed by atoms with van der Waals surface area (Å²) in [5.74, 6) is 0.969. The molecule has 0 saturated carbocycles. The summed E-state index contributed by atoms with van der Waals surface area (Å²) in [6.07, 6.45) is 1.62. The second-order valence-corrected chi connectivity index (χ2v) is 4.64. The second kappa shape index (κ2) is 4.69. The number of para-hydroxylation sites is 1. The van der Waals surface area contributed by atoms with Crippen LogP contribution in [0.25, 0.3) is 0 Å². The van der Waals surface area contributed by atoms with Crippen molar-refractivity contribution in [3.63, 3.8) is 0 Å². The van der Waals surface area contributed by atoms with Crippen LogP contribution in [0.5, 0.6) is 0 Å². The Morgan fingerprint density at radius 3 is 3.00 bits per heavy atom. The van der Waals surface area contributed by atoms with E-state index in [1.165, 1.54) is 11.3 Å². The first-order valence-electron chi connectivity index (χ1n) is 6.08. The number of nitrogens with one attached hydrogen (secondary N) is 1. The van der Waals surface area contributed by atoms with Gasteiger partial charge in [0.2, 0.25) is 0 Å². The highest BCUT2D eigenvalue weighted by Crippen LogP contribution is 2.33. The number of ketones is 1. The molecular weight excluding hydrogens is 198 g/mol. The summed E-state index contributed by atoms with van der Waals surface area (Å²) in [5.41, 5.74) is 2.50. The number of carbonyl (C=O) groups excluding carboxylic acids is 1. The largest absolute Gasteiger partial charge is 0.384 e. The summed E-state index contributed by atoms with van der Waals surface area (Å²) in [6, 6.07) is 8.30. The Balaban J connectivity index is 2.06. The molecule has 1 N–H and O–H groups in total. The van der Waals surface area contributed by atoms with Gasteiger partial charge in [-0.25, -0.2) is 0 Å². The van der Waals surface area contributed by atoms with E-state index in [2.05, 4.69) is 24.4 Å². The van der Waals surface area contributed by atoms with Crippen molar-refractivity contribution in [3.8, 4) is 0 Å². The van der Waals surface area contributed by atoms with Gasteiger partial charge in [-0.05, 0) is 18.1 Å². The number of carbonyl (C=O) groups is 1. The van der Waals surface area contributed by atoms with Crippen LogP contribution in [0.4, 0.5) is 5.69 Å². The van der Waals surface area contributed by atoms with Crippen molar-refractivity contribution in [3.05, 3.63) is 29.8 Å². The van der Waals surface area contributed by atoms with Crippen LogP contribution in [-0.4, -0.2) is 12.3 Å². The molecule has 86 valence electrons. The Hall–Kier alpha value is -1.31. The highest BCUT2D eigenvalue weighted by atomic mass is 16.1. The molecule has 1 aromatic rings. The van der Waals surface area contributed by atoms with Crippen molar-refractivity contribution < 1.29 is 4.79 Å². The molecule has 0 bridgehead atoms. The van der Waals surface area contributed by atoms with Crippen LogP contribution < -0.4 is 5.32 Å². The summed E-state index contributed by atoms with van der Waals surface area (Å²) in [4.78, 5) is 11.9. The second-order valence-electron chi connectivity index (χ2n) is 4.64. The zero-order chi connectivity index (χ0) is 11.5. The Morgan fingerprint density at radius 1 is 1.50 bits per heavy atom. The predicted octanol–water partition coefficient (Wildman–Crippen LogP) is 3.20. The van der Waals surface area contributed by atoms with Crippen molar-refractivity contribution in [2.45, 2.75) is 32.6 Å². The van der Waals surface area contributed by atoms with Crippen molar-refractivity contribution in [2.24, 2.45) is 5.92 Å². The highest BCUT2D eigenvalue weighted by molar-refractivity contribution is 5.82.